The summed E-state index contributed by atoms with van der Waals surface area (Å²) in [6.45, 7) is 3.94. The van der Waals surface area contributed by atoms with Crippen molar-refractivity contribution in [1.29, 1.82) is 0 Å². The molecule has 0 aliphatic rings. The summed E-state index contributed by atoms with van der Waals surface area (Å²) in [6, 6.07) is 3.70. The van der Waals surface area contributed by atoms with Gasteiger partial charge in [-0.1, -0.05) is 63.5 Å². The minimum absolute atomic E-state index is 0.147. The molecule has 9 nitrogen and oxygen atoms in total. The fraction of sp³-hybridized carbons (Fsp3) is 0.593. The predicted molar refractivity (Wildman–Crippen MR) is 149 cm³/mol. The minimum atomic E-state index is -4.25. The lowest BCUT2D eigenvalue weighted by Gasteiger charge is -2.17. The number of allylic oxidation sites excluding steroid dienone is 2. The molecule has 0 spiro atoms. The Morgan fingerprint density at radius 2 is 1.58 bits per heavy atom. The zero-order chi connectivity index (χ0) is 28.3. The molecule has 11 heteroatoms. The number of hydroxylamine groups is 1. The van der Waals surface area contributed by atoms with Crippen molar-refractivity contribution in [1.82, 2.24) is 10.2 Å². The average molecular weight is 571 g/mol. The standard InChI is InChI=1S/C27H42N2O7S2/c1-3-5-7-8-9-10-11-12-13-14-15-16-22-37(32,33)23-26(27(30)28-31)29-38(34,35)25-19-17-24(18-20-25)36-21-6-4-2/h5,7,17-20,26,29,31H,3,8-16,21-23H2,1-2H3,(H,28,30)/b7-5-. The van der Waals surface area contributed by atoms with E-state index in [4.69, 9.17) is 9.94 Å². The number of nitrogens with one attached hydrogen (secondary N) is 2. The Bertz CT molecular complexity index is 1120. The molecule has 0 aliphatic carbocycles. The maximum absolute atomic E-state index is 12.8. The van der Waals surface area contributed by atoms with Crippen molar-refractivity contribution in [3.8, 4) is 17.6 Å². The second kappa shape index (κ2) is 18.8. The predicted octanol–water partition coefficient (Wildman–Crippen LogP) is 4.13. The molecule has 0 heterocycles. The number of carbonyl (C=O) groups is 1. The van der Waals surface area contributed by atoms with Gasteiger partial charge in [0, 0.05) is 0 Å². The zero-order valence-corrected chi connectivity index (χ0v) is 24.1. The van der Waals surface area contributed by atoms with Crippen LogP contribution < -0.4 is 14.9 Å². The molecule has 3 N–H and O–H groups in total. The van der Waals surface area contributed by atoms with Crippen molar-refractivity contribution in [3.05, 3.63) is 36.4 Å². The number of rotatable bonds is 20. The fourth-order valence-electron chi connectivity index (χ4n) is 3.67. The van der Waals surface area contributed by atoms with Crippen LogP contribution in [0.4, 0.5) is 0 Å². The van der Waals surface area contributed by atoms with Crippen LogP contribution in [0.15, 0.2) is 41.3 Å². The lowest BCUT2D eigenvalue weighted by Crippen LogP contribution is -2.49. The van der Waals surface area contributed by atoms with Gasteiger partial charge in [-0.25, -0.2) is 22.3 Å². The molecule has 1 aromatic carbocycles. The SMILES string of the molecule is CC#CCOc1ccc(S(=O)(=O)NC(CS(=O)(=O)CCCCCCCCCC/C=C\CC)C(=O)NO)cc1. The van der Waals surface area contributed by atoms with Crippen LogP contribution >= 0.6 is 0 Å². The Morgan fingerprint density at radius 3 is 2.16 bits per heavy atom. The topological polar surface area (TPSA) is 139 Å². The van der Waals surface area contributed by atoms with Crippen LogP contribution in [0.3, 0.4) is 0 Å². The van der Waals surface area contributed by atoms with E-state index < -0.39 is 37.6 Å². The Balaban J connectivity index is 2.52. The first-order valence-electron chi connectivity index (χ1n) is 13.1. The summed E-state index contributed by atoms with van der Waals surface area (Å²) in [5, 5.41) is 9.04. The number of ether oxygens (including phenoxy) is 1. The van der Waals surface area contributed by atoms with E-state index in [-0.39, 0.29) is 17.3 Å². The van der Waals surface area contributed by atoms with E-state index in [0.29, 0.717) is 12.2 Å². The maximum atomic E-state index is 12.8. The van der Waals surface area contributed by atoms with Crippen LogP contribution in [0.1, 0.15) is 78.1 Å². The Labute approximate surface area is 228 Å². The van der Waals surface area contributed by atoms with Gasteiger partial charge in [-0.05, 0) is 56.9 Å². The number of sulfonamides is 1. The van der Waals surface area contributed by atoms with E-state index in [2.05, 4.69) is 35.6 Å². The molecule has 0 radical (unpaired) electrons. The Morgan fingerprint density at radius 1 is 0.974 bits per heavy atom. The summed E-state index contributed by atoms with van der Waals surface area (Å²) in [5.41, 5.74) is 1.35. The molecule has 38 heavy (non-hydrogen) atoms. The van der Waals surface area contributed by atoms with Crippen molar-refractivity contribution in [2.45, 2.75) is 89.0 Å². The molecule has 1 rings (SSSR count). The van der Waals surface area contributed by atoms with Gasteiger partial charge in [0.1, 0.15) is 18.4 Å². The molecule has 0 aliphatic heterocycles. The van der Waals surface area contributed by atoms with E-state index >= 15 is 0 Å². The molecule has 0 saturated heterocycles. The van der Waals surface area contributed by atoms with Crippen molar-refractivity contribution >= 4 is 25.8 Å². The number of unbranched alkanes of at least 4 members (excludes halogenated alkanes) is 8. The number of sulfone groups is 1. The van der Waals surface area contributed by atoms with E-state index in [1.165, 1.54) is 49.0 Å². The molecular formula is C27H42N2O7S2. The van der Waals surface area contributed by atoms with Crippen molar-refractivity contribution < 1.29 is 31.6 Å². The zero-order valence-electron chi connectivity index (χ0n) is 22.4. The second-order valence-corrected chi connectivity index (χ2v) is 12.9. The van der Waals surface area contributed by atoms with Gasteiger partial charge in [0.15, 0.2) is 9.84 Å². The highest BCUT2D eigenvalue weighted by Gasteiger charge is 2.30. The molecule has 1 amide bonds. The fourth-order valence-corrected chi connectivity index (χ4v) is 6.52. The highest BCUT2D eigenvalue weighted by Crippen LogP contribution is 2.17. The van der Waals surface area contributed by atoms with Gasteiger partial charge in [0.25, 0.3) is 5.91 Å². The van der Waals surface area contributed by atoms with Gasteiger partial charge in [0.2, 0.25) is 10.0 Å². The quantitative estimate of drug-likeness (QED) is 0.0704. The molecule has 1 aromatic rings. The molecule has 0 bridgehead atoms. The number of hydrogen-bond donors (Lipinski definition) is 3. The molecular weight excluding hydrogens is 528 g/mol. The van der Waals surface area contributed by atoms with Gasteiger partial charge >= 0.3 is 0 Å². The molecule has 0 saturated carbocycles. The molecule has 0 fully saturated rings. The third-order valence-corrected chi connectivity index (χ3v) is 8.98. The first kappa shape index (κ1) is 33.6. The monoisotopic (exact) mass is 570 g/mol. The largest absolute Gasteiger partial charge is 0.481 e. The second-order valence-electron chi connectivity index (χ2n) is 8.95. The minimum Gasteiger partial charge on any atom is -0.481 e. The van der Waals surface area contributed by atoms with Crippen LogP contribution in [-0.2, 0) is 24.7 Å². The third kappa shape index (κ3) is 14.5. The summed E-state index contributed by atoms with van der Waals surface area (Å²) < 4.78 is 58.2. The van der Waals surface area contributed by atoms with Gasteiger partial charge in [0.05, 0.1) is 16.4 Å². The summed E-state index contributed by atoms with van der Waals surface area (Å²) in [6.07, 6.45) is 14.4. The lowest BCUT2D eigenvalue weighted by molar-refractivity contribution is -0.130. The van der Waals surface area contributed by atoms with Crippen LogP contribution in [0.2, 0.25) is 0 Å². The van der Waals surface area contributed by atoms with Crippen LogP contribution in [0.25, 0.3) is 0 Å². The summed E-state index contributed by atoms with van der Waals surface area (Å²) >= 11 is 0. The van der Waals surface area contributed by atoms with E-state index in [0.717, 1.165) is 38.5 Å². The summed E-state index contributed by atoms with van der Waals surface area (Å²) in [7, 11) is -8.01. The Kier molecular flexibility index (Phi) is 16.6. The van der Waals surface area contributed by atoms with E-state index in [1.54, 1.807) is 6.92 Å². The molecule has 1 unspecified atom stereocenters. The Hall–Kier alpha value is -2.39. The first-order chi connectivity index (χ1) is 18.1. The smallest absolute Gasteiger partial charge is 0.262 e. The number of hydrogen-bond acceptors (Lipinski definition) is 7. The van der Waals surface area contributed by atoms with Crippen molar-refractivity contribution in [2.75, 3.05) is 18.1 Å². The van der Waals surface area contributed by atoms with Gasteiger partial charge in [-0.2, -0.15) is 4.72 Å². The summed E-state index contributed by atoms with van der Waals surface area (Å²) in [4.78, 5) is 11.9. The van der Waals surface area contributed by atoms with Gasteiger partial charge < -0.3 is 4.74 Å². The highest BCUT2D eigenvalue weighted by atomic mass is 32.2. The molecule has 1 atom stereocenters. The number of amides is 1. The average Bonchev–Trinajstić information content (AvgIpc) is 2.88. The lowest BCUT2D eigenvalue weighted by atomic mass is 10.1. The van der Waals surface area contributed by atoms with E-state index in [1.807, 2.05) is 0 Å². The van der Waals surface area contributed by atoms with Crippen molar-refractivity contribution in [2.24, 2.45) is 0 Å². The number of benzene rings is 1. The first-order valence-corrected chi connectivity index (χ1v) is 16.4. The number of carbonyl (C=O) groups excluding carboxylic acids is 1. The normalized spacial score (nSPS) is 12.6. The highest BCUT2D eigenvalue weighted by molar-refractivity contribution is 7.91. The molecule has 214 valence electrons. The van der Waals surface area contributed by atoms with E-state index in [9.17, 15) is 21.6 Å². The van der Waals surface area contributed by atoms with Gasteiger partial charge in [-0.3, -0.25) is 10.0 Å². The molecule has 0 aromatic heterocycles. The third-order valence-electron chi connectivity index (χ3n) is 5.75. The van der Waals surface area contributed by atoms with Gasteiger partial charge in [-0.15, -0.1) is 5.92 Å². The van der Waals surface area contributed by atoms with Crippen LogP contribution in [0, 0.1) is 11.8 Å². The maximum Gasteiger partial charge on any atom is 0.262 e. The van der Waals surface area contributed by atoms with Crippen molar-refractivity contribution in [3.63, 3.8) is 0 Å². The summed E-state index contributed by atoms with van der Waals surface area (Å²) in [5.74, 6) is 3.71. The van der Waals surface area contributed by atoms with Crippen LogP contribution in [-0.4, -0.2) is 52.1 Å². The van der Waals surface area contributed by atoms with Crippen LogP contribution in [0.5, 0.6) is 5.75 Å².